The van der Waals surface area contributed by atoms with Gasteiger partial charge in [0.15, 0.2) is 16.4 Å². The molecule has 0 spiro atoms. The second kappa shape index (κ2) is 7.17. The summed E-state index contributed by atoms with van der Waals surface area (Å²) in [6.45, 7) is 3.38. The number of nitrogens with zero attached hydrogens (tertiary/aromatic N) is 6. The molecule has 1 aliphatic rings. The second-order valence-corrected chi connectivity index (χ2v) is 8.21. The Labute approximate surface area is 173 Å². The molecule has 1 aromatic carbocycles. The first-order valence-electron chi connectivity index (χ1n) is 9.55. The summed E-state index contributed by atoms with van der Waals surface area (Å²) in [5.74, 6) is -0.922. The van der Waals surface area contributed by atoms with Gasteiger partial charge in [0.1, 0.15) is 23.4 Å². The number of aryl methyl sites for hydroxylation is 1. The molecular weight excluding hydrogens is 409 g/mol. The average molecular weight is 427 g/mol. The molecule has 0 atom stereocenters. The van der Waals surface area contributed by atoms with Gasteiger partial charge in [-0.25, -0.2) is 23.3 Å². The van der Waals surface area contributed by atoms with Gasteiger partial charge in [-0.1, -0.05) is 17.4 Å². The van der Waals surface area contributed by atoms with Crippen LogP contribution in [0.15, 0.2) is 29.3 Å². The highest BCUT2D eigenvalue weighted by Gasteiger charge is 2.20. The maximum Gasteiger partial charge on any atom is 0.352 e. The van der Waals surface area contributed by atoms with Crippen LogP contribution < -0.4 is 15.9 Å². The highest BCUT2D eigenvalue weighted by molar-refractivity contribution is 7.22. The Hall–Kier alpha value is -3.34. The number of amides is 1. The van der Waals surface area contributed by atoms with Crippen LogP contribution in [0.4, 0.5) is 15.2 Å². The summed E-state index contributed by atoms with van der Waals surface area (Å²) in [5.41, 5.74) is 1.56. The Morgan fingerprint density at radius 2 is 2.10 bits per heavy atom. The molecule has 154 valence electrons. The molecule has 1 saturated heterocycles. The largest absolute Gasteiger partial charge is 0.352 e. The van der Waals surface area contributed by atoms with Crippen molar-refractivity contribution in [3.63, 3.8) is 0 Å². The number of carbonyl (C=O) groups excluding carboxylic acids is 1. The lowest BCUT2D eigenvalue weighted by atomic mass is 10.2. The Morgan fingerprint density at radius 1 is 1.30 bits per heavy atom. The fourth-order valence-corrected chi connectivity index (χ4v) is 4.57. The summed E-state index contributed by atoms with van der Waals surface area (Å²) in [4.78, 5) is 36.2. The van der Waals surface area contributed by atoms with Crippen LogP contribution in [0.25, 0.3) is 16.0 Å². The number of halogens is 1. The van der Waals surface area contributed by atoms with Crippen LogP contribution in [-0.2, 0) is 11.3 Å². The number of hydrogen-bond donors (Lipinski definition) is 1. The lowest BCUT2D eigenvalue weighted by Gasteiger charge is -2.11. The topological polar surface area (TPSA) is 97.4 Å². The summed E-state index contributed by atoms with van der Waals surface area (Å²) in [6.07, 6.45) is 3.64. The maximum atomic E-state index is 13.5. The molecule has 0 bridgehead atoms. The molecule has 9 nitrogen and oxygen atoms in total. The number of nitrogens with one attached hydrogen (secondary N) is 1. The first-order valence-corrected chi connectivity index (χ1v) is 10.4. The maximum absolute atomic E-state index is 13.5. The molecule has 0 unspecified atom stereocenters. The first kappa shape index (κ1) is 18.7. The zero-order valence-corrected chi connectivity index (χ0v) is 16.9. The Morgan fingerprint density at radius 3 is 2.90 bits per heavy atom. The van der Waals surface area contributed by atoms with Crippen molar-refractivity contribution >= 4 is 44.1 Å². The molecule has 5 rings (SSSR count). The van der Waals surface area contributed by atoms with Gasteiger partial charge in [0.25, 0.3) is 0 Å². The number of rotatable bonds is 4. The molecule has 0 aliphatic carbocycles. The van der Waals surface area contributed by atoms with Gasteiger partial charge in [0, 0.05) is 18.8 Å². The van der Waals surface area contributed by atoms with Gasteiger partial charge in [-0.2, -0.15) is 4.98 Å². The van der Waals surface area contributed by atoms with Gasteiger partial charge in [-0.05, 0) is 37.5 Å². The van der Waals surface area contributed by atoms with Gasteiger partial charge >= 0.3 is 5.69 Å². The summed E-state index contributed by atoms with van der Waals surface area (Å²) < 4.78 is 16.6. The molecule has 0 radical (unpaired) electrons. The van der Waals surface area contributed by atoms with Crippen molar-refractivity contribution in [3.8, 4) is 0 Å². The normalized spacial score (nSPS) is 14.1. The summed E-state index contributed by atoms with van der Waals surface area (Å²) in [6, 6.07) is 4.14. The van der Waals surface area contributed by atoms with Gasteiger partial charge in [-0.3, -0.25) is 4.79 Å². The first-order chi connectivity index (χ1) is 14.5. The van der Waals surface area contributed by atoms with Crippen molar-refractivity contribution in [2.75, 3.05) is 23.3 Å². The van der Waals surface area contributed by atoms with Gasteiger partial charge in [0.05, 0.1) is 0 Å². The fourth-order valence-electron chi connectivity index (χ4n) is 3.53. The SMILES string of the molecule is Cc1ccc(F)cc1NC(=O)Cn1nc2c3sc(N4CCCC4)nc3ncn2c1=O. The van der Waals surface area contributed by atoms with Crippen LogP contribution in [0, 0.1) is 12.7 Å². The van der Waals surface area contributed by atoms with Crippen LogP contribution in [0.2, 0.25) is 0 Å². The highest BCUT2D eigenvalue weighted by atomic mass is 32.1. The Balaban J connectivity index is 1.46. The predicted octanol–water partition coefficient (Wildman–Crippen LogP) is 2.19. The van der Waals surface area contributed by atoms with E-state index in [-0.39, 0.29) is 6.54 Å². The fraction of sp³-hybridized carbons (Fsp3) is 0.316. The van der Waals surface area contributed by atoms with E-state index in [1.807, 2.05) is 0 Å². The summed E-state index contributed by atoms with van der Waals surface area (Å²) in [7, 11) is 0. The molecule has 1 fully saturated rings. The zero-order valence-electron chi connectivity index (χ0n) is 16.1. The van der Waals surface area contributed by atoms with E-state index in [4.69, 9.17) is 0 Å². The van der Waals surface area contributed by atoms with Crippen LogP contribution >= 0.6 is 11.3 Å². The number of thiazole rings is 1. The monoisotopic (exact) mass is 427 g/mol. The molecule has 1 aliphatic heterocycles. The number of fused-ring (bicyclic) bond motifs is 3. The quantitative estimate of drug-likeness (QED) is 0.536. The number of anilines is 2. The van der Waals surface area contributed by atoms with Crippen molar-refractivity contribution in [2.24, 2.45) is 0 Å². The Kier molecular flexibility index (Phi) is 4.46. The summed E-state index contributed by atoms with van der Waals surface area (Å²) in [5, 5.41) is 7.84. The number of benzene rings is 1. The van der Waals surface area contributed by atoms with E-state index >= 15 is 0 Å². The predicted molar refractivity (Wildman–Crippen MR) is 112 cm³/mol. The van der Waals surface area contributed by atoms with Crippen molar-refractivity contribution < 1.29 is 9.18 Å². The van der Waals surface area contributed by atoms with Crippen LogP contribution in [0.3, 0.4) is 0 Å². The highest BCUT2D eigenvalue weighted by Crippen LogP contribution is 2.31. The number of aromatic nitrogens is 5. The molecule has 11 heteroatoms. The Bertz CT molecular complexity index is 1340. The molecule has 1 amide bonds. The van der Waals surface area contributed by atoms with E-state index in [0.29, 0.717) is 21.7 Å². The third-order valence-corrected chi connectivity index (χ3v) is 6.21. The van der Waals surface area contributed by atoms with Crippen molar-refractivity contribution in [1.82, 2.24) is 24.1 Å². The third-order valence-electron chi connectivity index (χ3n) is 5.11. The van der Waals surface area contributed by atoms with E-state index in [1.165, 1.54) is 34.2 Å². The zero-order chi connectivity index (χ0) is 20.8. The van der Waals surface area contributed by atoms with Gasteiger partial charge < -0.3 is 10.2 Å². The second-order valence-electron chi connectivity index (χ2n) is 7.23. The van der Waals surface area contributed by atoms with Crippen molar-refractivity contribution in [3.05, 3.63) is 46.4 Å². The molecular formula is C19H18FN7O2S. The van der Waals surface area contributed by atoms with Gasteiger partial charge in [-0.15, -0.1) is 5.10 Å². The minimum absolute atomic E-state index is 0.296. The third kappa shape index (κ3) is 3.20. The van der Waals surface area contributed by atoms with Crippen molar-refractivity contribution in [1.29, 1.82) is 0 Å². The van der Waals surface area contributed by atoms with Crippen LogP contribution in [0.1, 0.15) is 18.4 Å². The molecule has 1 N–H and O–H groups in total. The molecule has 4 aromatic rings. The van der Waals surface area contributed by atoms with Crippen molar-refractivity contribution in [2.45, 2.75) is 26.3 Å². The average Bonchev–Trinajstić information content (AvgIpc) is 3.44. The van der Waals surface area contributed by atoms with Crippen LogP contribution in [-0.4, -0.2) is 43.1 Å². The smallest absolute Gasteiger partial charge is 0.348 e. The van der Waals surface area contributed by atoms with Gasteiger partial charge in [0.2, 0.25) is 5.91 Å². The van der Waals surface area contributed by atoms with Crippen LogP contribution in [0.5, 0.6) is 0 Å². The number of hydrogen-bond acceptors (Lipinski definition) is 7. The molecule has 3 aromatic heterocycles. The lowest BCUT2D eigenvalue weighted by molar-refractivity contribution is -0.117. The van der Waals surface area contributed by atoms with E-state index < -0.39 is 17.4 Å². The molecule has 30 heavy (non-hydrogen) atoms. The van der Waals surface area contributed by atoms with E-state index in [9.17, 15) is 14.0 Å². The minimum atomic E-state index is -0.472. The minimum Gasteiger partial charge on any atom is -0.348 e. The van der Waals surface area contributed by atoms with E-state index in [1.54, 1.807) is 13.0 Å². The number of carbonyl (C=O) groups is 1. The summed E-state index contributed by atoms with van der Waals surface area (Å²) >= 11 is 1.45. The lowest BCUT2D eigenvalue weighted by Crippen LogP contribution is -2.28. The molecule has 0 saturated carbocycles. The van der Waals surface area contributed by atoms with E-state index in [2.05, 4.69) is 25.3 Å². The van der Waals surface area contributed by atoms with E-state index in [0.717, 1.165) is 41.3 Å². The molecule has 4 heterocycles. The standard InChI is InChI=1S/C19H18FN7O2S/c1-11-4-5-12(20)8-13(11)22-14(28)9-27-19(29)26-10-21-16-15(17(26)24-27)30-18(23-16)25-6-2-3-7-25/h4-5,8,10H,2-3,6-7,9H2,1H3,(H,22,28).